The normalized spacial score (nSPS) is 10.3. The van der Waals surface area contributed by atoms with Crippen LogP contribution >= 0.6 is 0 Å². The summed E-state index contributed by atoms with van der Waals surface area (Å²) in [7, 11) is 0. The lowest BCUT2D eigenvalue weighted by atomic mass is 10.2. The van der Waals surface area contributed by atoms with Gasteiger partial charge in [-0.05, 0) is 12.8 Å². The fourth-order valence-corrected chi connectivity index (χ4v) is 1.14. The summed E-state index contributed by atoms with van der Waals surface area (Å²) < 4.78 is 4.66. The molecule has 0 saturated carbocycles. The van der Waals surface area contributed by atoms with Gasteiger partial charge in [0.2, 0.25) is 0 Å². The first kappa shape index (κ1) is 20.7. The van der Waals surface area contributed by atoms with Gasteiger partial charge in [-0.25, -0.2) is 0 Å². The maximum Gasteiger partial charge on any atom is 0.307 e. The summed E-state index contributed by atoms with van der Waals surface area (Å²) in [5.41, 5.74) is 0. The second-order valence-corrected chi connectivity index (χ2v) is 4.27. The third kappa shape index (κ3) is 25.3. The number of carboxylic acid groups (broad SMARTS) is 1. The smallest absolute Gasteiger partial charge is 0.307 e. The number of hydrogen-bond donors (Lipinski definition) is 1. The molecule has 0 amide bonds. The molecule has 0 saturated heterocycles. The van der Waals surface area contributed by atoms with E-state index in [0.29, 0.717) is 6.61 Å². The Balaban J connectivity index is 0. The zero-order valence-corrected chi connectivity index (χ0v) is 12.9. The lowest BCUT2D eigenvalue weighted by Crippen LogP contribution is -1.97. The van der Waals surface area contributed by atoms with Gasteiger partial charge in [-0.1, -0.05) is 57.4 Å². The highest BCUT2D eigenvalue weighted by Crippen LogP contribution is 1.95. The van der Waals surface area contributed by atoms with E-state index in [1.165, 1.54) is 6.92 Å². The average Bonchev–Trinajstić information content (AvgIpc) is 2.38. The minimum absolute atomic E-state index is 0.156. The lowest BCUT2D eigenvalue weighted by molar-refractivity contribution is -0.139. The van der Waals surface area contributed by atoms with Crippen molar-refractivity contribution in [3.05, 3.63) is 24.3 Å². The summed E-state index contributed by atoms with van der Waals surface area (Å²) in [6, 6.07) is 0. The molecule has 0 aromatic rings. The van der Waals surface area contributed by atoms with Crippen LogP contribution < -0.4 is 0 Å². The van der Waals surface area contributed by atoms with Crippen LogP contribution in [-0.4, -0.2) is 23.7 Å². The Kier molecular flexibility index (Phi) is 18.1. The number of carboxylic acids is 1. The van der Waals surface area contributed by atoms with E-state index in [4.69, 9.17) is 5.11 Å². The SMILES string of the molecule is CCCC/C=C/CC(=O)O.CCCC=CCOC(C)=O. The molecular weight excluding hydrogens is 256 g/mol. The van der Waals surface area contributed by atoms with Crippen LogP contribution in [0.3, 0.4) is 0 Å². The van der Waals surface area contributed by atoms with Crippen molar-refractivity contribution in [2.24, 2.45) is 0 Å². The summed E-state index contributed by atoms with van der Waals surface area (Å²) in [5.74, 6) is -0.978. The van der Waals surface area contributed by atoms with E-state index in [1.807, 2.05) is 18.2 Å². The molecule has 1 N–H and O–H groups in total. The Labute approximate surface area is 122 Å². The Hall–Kier alpha value is -1.58. The van der Waals surface area contributed by atoms with Crippen LogP contribution in [-0.2, 0) is 14.3 Å². The van der Waals surface area contributed by atoms with Gasteiger partial charge in [-0.3, -0.25) is 9.59 Å². The number of carbonyl (C=O) groups is 2. The van der Waals surface area contributed by atoms with Crippen LogP contribution in [0.4, 0.5) is 0 Å². The first-order valence-corrected chi connectivity index (χ1v) is 7.19. The maximum absolute atomic E-state index is 10.2. The summed E-state index contributed by atoms with van der Waals surface area (Å²) in [5, 5.41) is 8.22. The average molecular weight is 284 g/mol. The predicted octanol–water partition coefficient (Wildman–Crippen LogP) is 4.11. The second-order valence-electron chi connectivity index (χ2n) is 4.27. The van der Waals surface area contributed by atoms with Gasteiger partial charge < -0.3 is 9.84 Å². The number of allylic oxidation sites excluding steroid dienone is 2. The highest BCUT2D eigenvalue weighted by Gasteiger charge is 1.87. The third-order valence-electron chi connectivity index (χ3n) is 2.19. The highest BCUT2D eigenvalue weighted by atomic mass is 16.5. The van der Waals surface area contributed by atoms with Crippen LogP contribution in [0.2, 0.25) is 0 Å². The van der Waals surface area contributed by atoms with Gasteiger partial charge in [0.1, 0.15) is 6.61 Å². The molecule has 0 fully saturated rings. The largest absolute Gasteiger partial charge is 0.481 e. The second kappa shape index (κ2) is 17.4. The first-order valence-electron chi connectivity index (χ1n) is 7.19. The summed E-state index contributed by atoms with van der Waals surface area (Å²) >= 11 is 0. The summed E-state index contributed by atoms with van der Waals surface area (Å²) in [6.07, 6.45) is 13.2. The predicted molar refractivity (Wildman–Crippen MR) is 81.6 cm³/mol. The number of hydrogen-bond acceptors (Lipinski definition) is 3. The maximum atomic E-state index is 10.2. The van der Waals surface area contributed by atoms with Crippen LogP contribution in [0, 0.1) is 0 Å². The molecule has 4 heteroatoms. The fourth-order valence-electron chi connectivity index (χ4n) is 1.14. The quantitative estimate of drug-likeness (QED) is 0.393. The number of unbranched alkanes of at least 4 members (excludes halogenated alkanes) is 3. The summed E-state index contributed by atoms with van der Waals surface area (Å²) in [6.45, 7) is 6.05. The molecular formula is C16H28O4. The minimum atomic E-state index is -0.757. The van der Waals surface area contributed by atoms with Crippen molar-refractivity contribution in [2.45, 2.75) is 59.3 Å². The van der Waals surface area contributed by atoms with Crippen molar-refractivity contribution in [1.29, 1.82) is 0 Å². The van der Waals surface area contributed by atoms with Gasteiger partial charge in [0.15, 0.2) is 0 Å². The molecule has 0 aromatic heterocycles. The molecule has 0 aliphatic carbocycles. The number of esters is 1. The molecule has 0 aromatic carbocycles. The van der Waals surface area contributed by atoms with Crippen molar-refractivity contribution >= 4 is 11.9 Å². The van der Waals surface area contributed by atoms with Gasteiger partial charge in [-0.2, -0.15) is 0 Å². The zero-order valence-electron chi connectivity index (χ0n) is 12.9. The van der Waals surface area contributed by atoms with Gasteiger partial charge in [0.05, 0.1) is 6.42 Å². The Morgan fingerprint density at radius 1 is 1.00 bits per heavy atom. The van der Waals surface area contributed by atoms with E-state index in [-0.39, 0.29) is 12.4 Å². The monoisotopic (exact) mass is 284 g/mol. The number of rotatable bonds is 9. The van der Waals surface area contributed by atoms with Gasteiger partial charge in [0, 0.05) is 6.92 Å². The van der Waals surface area contributed by atoms with Crippen LogP contribution in [0.25, 0.3) is 0 Å². The van der Waals surface area contributed by atoms with Crippen LogP contribution in [0.15, 0.2) is 24.3 Å². The molecule has 0 atom stereocenters. The zero-order chi connectivity index (χ0) is 15.6. The molecule has 0 aliphatic rings. The molecule has 0 radical (unpaired) electrons. The van der Waals surface area contributed by atoms with Gasteiger partial charge in [0.25, 0.3) is 0 Å². The first-order chi connectivity index (χ1) is 9.54. The van der Waals surface area contributed by atoms with Crippen molar-refractivity contribution in [3.8, 4) is 0 Å². The third-order valence-corrected chi connectivity index (χ3v) is 2.19. The summed E-state index contributed by atoms with van der Waals surface area (Å²) in [4.78, 5) is 20.2. The Bertz CT molecular complexity index is 293. The van der Waals surface area contributed by atoms with E-state index in [0.717, 1.165) is 32.1 Å². The van der Waals surface area contributed by atoms with Crippen molar-refractivity contribution in [2.75, 3.05) is 6.61 Å². The van der Waals surface area contributed by atoms with Gasteiger partial charge in [-0.15, -0.1) is 0 Å². The molecule has 4 nitrogen and oxygen atoms in total. The standard InChI is InChI=1S/2C8H14O2/c1-3-4-5-6-7-10-8(2)9;1-2-3-4-5-6-7-8(9)10/h5-6H,3-4,7H2,1-2H3;5-6H,2-4,7H2,1H3,(H,9,10)/b;6-5+. The minimum Gasteiger partial charge on any atom is -0.481 e. The van der Waals surface area contributed by atoms with E-state index >= 15 is 0 Å². The van der Waals surface area contributed by atoms with Crippen molar-refractivity contribution < 1.29 is 19.4 Å². The Morgan fingerprint density at radius 2 is 1.65 bits per heavy atom. The van der Waals surface area contributed by atoms with Gasteiger partial charge >= 0.3 is 11.9 Å². The molecule has 20 heavy (non-hydrogen) atoms. The number of ether oxygens (including phenoxy) is 1. The topological polar surface area (TPSA) is 63.6 Å². The number of carbonyl (C=O) groups excluding carboxylic acids is 1. The van der Waals surface area contributed by atoms with E-state index in [9.17, 15) is 9.59 Å². The van der Waals surface area contributed by atoms with Crippen LogP contribution in [0.5, 0.6) is 0 Å². The molecule has 0 rings (SSSR count). The molecule has 0 aliphatic heterocycles. The van der Waals surface area contributed by atoms with Crippen molar-refractivity contribution in [1.82, 2.24) is 0 Å². The van der Waals surface area contributed by atoms with E-state index in [1.54, 1.807) is 6.08 Å². The van der Waals surface area contributed by atoms with Crippen LogP contribution in [0.1, 0.15) is 59.3 Å². The molecule has 0 unspecified atom stereocenters. The van der Waals surface area contributed by atoms with Crippen molar-refractivity contribution in [3.63, 3.8) is 0 Å². The molecule has 0 bridgehead atoms. The Morgan fingerprint density at radius 3 is 2.15 bits per heavy atom. The highest BCUT2D eigenvalue weighted by molar-refractivity contribution is 5.68. The van der Waals surface area contributed by atoms with E-state index in [2.05, 4.69) is 18.6 Å². The molecule has 0 heterocycles. The lowest BCUT2D eigenvalue weighted by Gasteiger charge is -1.93. The van der Waals surface area contributed by atoms with E-state index < -0.39 is 5.97 Å². The molecule has 0 spiro atoms. The molecule has 116 valence electrons. The number of aliphatic carboxylic acids is 1. The fraction of sp³-hybridized carbons (Fsp3) is 0.625.